The standard InChI is InChI=1S/C12H22N2O2S2/c1-9(8-18-3)14(2)11(15)12(10(13)17)4-6-16-7-5-12/h9H,4-8H2,1-3H3,(H2,13,17). The molecule has 1 aliphatic heterocycles. The van der Waals surface area contributed by atoms with Crippen LogP contribution in [0.3, 0.4) is 0 Å². The van der Waals surface area contributed by atoms with E-state index in [2.05, 4.69) is 0 Å². The van der Waals surface area contributed by atoms with Crippen LogP contribution in [0.15, 0.2) is 0 Å². The molecule has 0 spiro atoms. The molecule has 6 heteroatoms. The van der Waals surface area contributed by atoms with E-state index < -0.39 is 5.41 Å². The summed E-state index contributed by atoms with van der Waals surface area (Å²) in [6, 6.07) is 0.182. The zero-order valence-electron chi connectivity index (χ0n) is 11.3. The lowest BCUT2D eigenvalue weighted by atomic mass is 9.78. The van der Waals surface area contributed by atoms with Gasteiger partial charge in [-0.2, -0.15) is 11.8 Å². The monoisotopic (exact) mass is 290 g/mol. The Hall–Kier alpha value is -0.330. The number of rotatable bonds is 5. The molecule has 1 heterocycles. The molecule has 1 atom stereocenters. The van der Waals surface area contributed by atoms with Gasteiger partial charge >= 0.3 is 0 Å². The van der Waals surface area contributed by atoms with Gasteiger partial charge in [0.1, 0.15) is 5.41 Å². The summed E-state index contributed by atoms with van der Waals surface area (Å²) in [5.41, 5.74) is 5.14. The van der Waals surface area contributed by atoms with Crippen LogP contribution in [0.25, 0.3) is 0 Å². The molecule has 0 saturated carbocycles. The molecular weight excluding hydrogens is 268 g/mol. The van der Waals surface area contributed by atoms with Gasteiger partial charge in [0, 0.05) is 32.1 Å². The fourth-order valence-corrected chi connectivity index (χ4v) is 3.17. The number of ether oxygens (including phenoxy) is 1. The Bertz CT molecular complexity index is 317. The minimum atomic E-state index is -0.699. The van der Waals surface area contributed by atoms with Crippen molar-refractivity contribution in [3.05, 3.63) is 0 Å². The number of nitrogens with zero attached hydrogens (tertiary/aromatic N) is 1. The van der Waals surface area contributed by atoms with E-state index in [4.69, 9.17) is 22.7 Å². The van der Waals surface area contributed by atoms with E-state index >= 15 is 0 Å². The van der Waals surface area contributed by atoms with Gasteiger partial charge < -0.3 is 15.4 Å². The molecule has 0 bridgehead atoms. The first kappa shape index (κ1) is 15.7. The third-order valence-corrected chi connectivity index (χ3v) is 4.82. The second kappa shape index (κ2) is 6.73. The highest BCUT2D eigenvalue weighted by Gasteiger charge is 2.45. The molecule has 0 aromatic rings. The zero-order valence-corrected chi connectivity index (χ0v) is 12.9. The Kier molecular flexibility index (Phi) is 5.88. The quantitative estimate of drug-likeness (QED) is 0.773. The van der Waals surface area contributed by atoms with Gasteiger partial charge in [0.05, 0.1) is 4.99 Å². The number of nitrogens with two attached hydrogens (primary N) is 1. The molecule has 1 aliphatic rings. The first-order valence-electron chi connectivity index (χ1n) is 6.09. The maximum absolute atomic E-state index is 12.7. The molecule has 104 valence electrons. The SMILES string of the molecule is CSCC(C)N(C)C(=O)C1(C(N)=S)CCOCC1. The minimum Gasteiger partial charge on any atom is -0.392 e. The summed E-state index contributed by atoms with van der Waals surface area (Å²) in [6.45, 7) is 3.14. The molecule has 0 aliphatic carbocycles. The molecule has 0 radical (unpaired) electrons. The second-order valence-corrected chi connectivity index (χ2v) is 6.13. The predicted octanol–water partition coefficient (Wildman–Crippen LogP) is 1.28. The average Bonchev–Trinajstić information content (AvgIpc) is 2.37. The zero-order chi connectivity index (χ0) is 13.8. The van der Waals surface area contributed by atoms with Crippen molar-refractivity contribution in [1.29, 1.82) is 0 Å². The highest BCUT2D eigenvalue weighted by atomic mass is 32.2. The smallest absolute Gasteiger partial charge is 0.235 e. The lowest BCUT2D eigenvalue weighted by molar-refractivity contribution is -0.142. The lowest BCUT2D eigenvalue weighted by Crippen LogP contribution is -2.54. The van der Waals surface area contributed by atoms with Crippen molar-refractivity contribution in [3.8, 4) is 0 Å². The van der Waals surface area contributed by atoms with Gasteiger partial charge in [0.15, 0.2) is 0 Å². The maximum atomic E-state index is 12.7. The Morgan fingerprint density at radius 2 is 2.11 bits per heavy atom. The van der Waals surface area contributed by atoms with Gasteiger partial charge in [-0.25, -0.2) is 0 Å². The molecule has 1 unspecified atom stereocenters. The number of hydrogen-bond acceptors (Lipinski definition) is 4. The second-order valence-electron chi connectivity index (χ2n) is 4.78. The summed E-state index contributed by atoms with van der Waals surface area (Å²) in [4.78, 5) is 14.8. The third-order valence-electron chi connectivity index (χ3n) is 3.62. The van der Waals surface area contributed by atoms with Crippen LogP contribution in [0.1, 0.15) is 19.8 Å². The van der Waals surface area contributed by atoms with E-state index in [0.29, 0.717) is 31.0 Å². The Balaban J connectivity index is 2.86. The van der Waals surface area contributed by atoms with Gasteiger partial charge in [-0.1, -0.05) is 12.2 Å². The number of carbonyl (C=O) groups is 1. The van der Waals surface area contributed by atoms with Crippen LogP contribution in [0.2, 0.25) is 0 Å². The molecule has 18 heavy (non-hydrogen) atoms. The highest BCUT2D eigenvalue weighted by Crippen LogP contribution is 2.33. The molecule has 0 aromatic heterocycles. The van der Waals surface area contributed by atoms with Crippen LogP contribution in [0.5, 0.6) is 0 Å². The number of thiocarbonyl (C=S) groups is 1. The van der Waals surface area contributed by atoms with E-state index in [9.17, 15) is 4.79 Å². The number of amides is 1. The fourth-order valence-electron chi connectivity index (χ4n) is 2.18. The Morgan fingerprint density at radius 1 is 1.56 bits per heavy atom. The minimum absolute atomic E-state index is 0.0415. The van der Waals surface area contributed by atoms with Crippen LogP contribution in [-0.4, -0.2) is 54.1 Å². The summed E-state index contributed by atoms with van der Waals surface area (Å²) in [5.74, 6) is 0.950. The van der Waals surface area contributed by atoms with E-state index in [0.717, 1.165) is 5.75 Å². The summed E-state index contributed by atoms with van der Waals surface area (Å²) in [7, 11) is 1.83. The van der Waals surface area contributed by atoms with Crippen LogP contribution in [0, 0.1) is 5.41 Å². The van der Waals surface area contributed by atoms with Gasteiger partial charge in [0.2, 0.25) is 5.91 Å². The molecule has 1 saturated heterocycles. The van der Waals surface area contributed by atoms with E-state index in [1.807, 2.05) is 20.2 Å². The Labute approximate surface area is 119 Å². The Morgan fingerprint density at radius 3 is 2.56 bits per heavy atom. The van der Waals surface area contributed by atoms with Crippen LogP contribution in [-0.2, 0) is 9.53 Å². The molecule has 2 N–H and O–H groups in total. The van der Waals surface area contributed by atoms with Gasteiger partial charge in [-0.15, -0.1) is 0 Å². The largest absolute Gasteiger partial charge is 0.392 e. The summed E-state index contributed by atoms with van der Waals surface area (Å²) in [6.07, 6.45) is 3.22. The molecule has 1 rings (SSSR count). The van der Waals surface area contributed by atoms with Crippen molar-refractivity contribution in [3.63, 3.8) is 0 Å². The number of carbonyl (C=O) groups excluding carboxylic acids is 1. The molecular formula is C12H22N2O2S2. The van der Waals surface area contributed by atoms with E-state index in [-0.39, 0.29) is 11.9 Å². The van der Waals surface area contributed by atoms with Gasteiger partial charge in [-0.3, -0.25) is 4.79 Å². The van der Waals surface area contributed by atoms with Crippen molar-refractivity contribution in [2.24, 2.45) is 11.1 Å². The van der Waals surface area contributed by atoms with Crippen LogP contribution < -0.4 is 5.73 Å². The van der Waals surface area contributed by atoms with E-state index in [1.165, 1.54) is 0 Å². The maximum Gasteiger partial charge on any atom is 0.235 e. The lowest BCUT2D eigenvalue weighted by Gasteiger charge is -2.39. The van der Waals surface area contributed by atoms with Crippen molar-refractivity contribution in [2.45, 2.75) is 25.8 Å². The van der Waals surface area contributed by atoms with Gasteiger partial charge in [-0.05, 0) is 26.0 Å². The van der Waals surface area contributed by atoms with Gasteiger partial charge in [0.25, 0.3) is 0 Å². The number of hydrogen-bond donors (Lipinski definition) is 1. The van der Waals surface area contributed by atoms with Crippen LogP contribution >= 0.6 is 24.0 Å². The van der Waals surface area contributed by atoms with Crippen molar-refractivity contribution < 1.29 is 9.53 Å². The van der Waals surface area contributed by atoms with Crippen molar-refractivity contribution in [2.75, 3.05) is 32.3 Å². The molecule has 1 fully saturated rings. The van der Waals surface area contributed by atoms with E-state index in [1.54, 1.807) is 16.7 Å². The predicted molar refractivity (Wildman–Crippen MR) is 79.9 cm³/mol. The molecule has 4 nitrogen and oxygen atoms in total. The fraction of sp³-hybridized carbons (Fsp3) is 0.833. The topological polar surface area (TPSA) is 55.6 Å². The first-order chi connectivity index (χ1) is 8.45. The average molecular weight is 290 g/mol. The highest BCUT2D eigenvalue weighted by molar-refractivity contribution is 7.98. The van der Waals surface area contributed by atoms with Crippen LogP contribution in [0.4, 0.5) is 0 Å². The summed E-state index contributed by atoms with van der Waals surface area (Å²) < 4.78 is 5.32. The summed E-state index contributed by atoms with van der Waals surface area (Å²) in [5, 5.41) is 0. The third kappa shape index (κ3) is 3.16. The number of thioether (sulfide) groups is 1. The molecule has 1 amide bonds. The normalized spacial score (nSPS) is 20.2. The first-order valence-corrected chi connectivity index (χ1v) is 7.90. The van der Waals surface area contributed by atoms with Crippen molar-refractivity contribution >= 4 is 34.9 Å². The summed E-state index contributed by atoms with van der Waals surface area (Å²) >= 11 is 6.87. The van der Waals surface area contributed by atoms with Crippen molar-refractivity contribution in [1.82, 2.24) is 4.90 Å². The molecule has 0 aromatic carbocycles.